The Kier molecular flexibility index (Phi) is 5.81. The van der Waals surface area contributed by atoms with E-state index in [4.69, 9.17) is 10.8 Å². The highest BCUT2D eigenvalue weighted by atomic mass is 16.4. The molecule has 1 aliphatic carbocycles. The van der Waals surface area contributed by atoms with Crippen molar-refractivity contribution in [2.75, 3.05) is 0 Å². The van der Waals surface area contributed by atoms with E-state index in [1.807, 2.05) is 0 Å². The molecule has 0 saturated heterocycles. The molecule has 3 nitrogen and oxygen atoms in total. The molecule has 2 unspecified atom stereocenters. The number of nitrogens with two attached hydrogens (primary N) is 1. The lowest BCUT2D eigenvalue weighted by Gasteiger charge is -2.17. The summed E-state index contributed by atoms with van der Waals surface area (Å²) in [6.07, 6.45) is 9.27. The molecular weight excluding hydrogens is 202 g/mol. The number of aliphatic carboxylic acids is 1. The van der Waals surface area contributed by atoms with Crippen LogP contribution in [0.3, 0.4) is 0 Å². The third kappa shape index (κ3) is 6.11. The van der Waals surface area contributed by atoms with E-state index in [0.717, 1.165) is 12.3 Å². The topological polar surface area (TPSA) is 63.3 Å². The molecule has 1 rings (SSSR count). The predicted molar refractivity (Wildman–Crippen MR) is 65.2 cm³/mol. The van der Waals surface area contributed by atoms with Crippen LogP contribution in [0.25, 0.3) is 0 Å². The summed E-state index contributed by atoms with van der Waals surface area (Å²) in [6, 6.07) is -0.180. The minimum absolute atomic E-state index is 0.100. The summed E-state index contributed by atoms with van der Waals surface area (Å²) in [5.41, 5.74) is 5.81. The van der Waals surface area contributed by atoms with E-state index in [-0.39, 0.29) is 12.5 Å². The normalized spacial score (nSPS) is 19.4. The van der Waals surface area contributed by atoms with E-state index in [1.165, 1.54) is 38.5 Å². The molecule has 0 amide bonds. The third-order valence-electron chi connectivity index (χ3n) is 3.61. The first kappa shape index (κ1) is 13.5. The molecule has 0 aromatic heterocycles. The van der Waals surface area contributed by atoms with Gasteiger partial charge in [-0.2, -0.15) is 0 Å². The average molecular weight is 227 g/mol. The smallest absolute Gasteiger partial charge is 0.304 e. The summed E-state index contributed by atoms with van der Waals surface area (Å²) >= 11 is 0. The molecule has 3 N–H and O–H groups in total. The van der Waals surface area contributed by atoms with Crippen LogP contribution < -0.4 is 5.73 Å². The van der Waals surface area contributed by atoms with Crippen LogP contribution in [-0.2, 0) is 4.79 Å². The minimum Gasteiger partial charge on any atom is -0.481 e. The van der Waals surface area contributed by atoms with Gasteiger partial charge < -0.3 is 10.8 Å². The summed E-state index contributed by atoms with van der Waals surface area (Å²) in [6.45, 7) is 2.06. The summed E-state index contributed by atoms with van der Waals surface area (Å²) < 4.78 is 0. The van der Waals surface area contributed by atoms with Crippen molar-refractivity contribution in [2.45, 2.75) is 64.3 Å². The molecule has 1 saturated carbocycles. The molecule has 0 radical (unpaired) electrons. The second kappa shape index (κ2) is 6.89. The zero-order chi connectivity index (χ0) is 12.0. The molecule has 0 aromatic rings. The van der Waals surface area contributed by atoms with Crippen LogP contribution in [0.1, 0.15) is 58.3 Å². The first-order valence-corrected chi connectivity index (χ1v) is 6.57. The van der Waals surface area contributed by atoms with Gasteiger partial charge in [0.1, 0.15) is 0 Å². The van der Waals surface area contributed by atoms with Gasteiger partial charge in [0.15, 0.2) is 0 Å². The summed E-state index contributed by atoms with van der Waals surface area (Å²) in [7, 11) is 0. The van der Waals surface area contributed by atoms with Gasteiger partial charge in [0.2, 0.25) is 0 Å². The molecule has 0 aliphatic heterocycles. The van der Waals surface area contributed by atoms with Gasteiger partial charge in [-0.25, -0.2) is 0 Å². The zero-order valence-electron chi connectivity index (χ0n) is 10.3. The standard InChI is InChI=1S/C13H25NO2/c1-10(12(14)9-13(15)16)5-3-2-4-6-11-7-8-11/h10-12H,2-9,14H2,1H3,(H,15,16). The van der Waals surface area contributed by atoms with E-state index in [1.54, 1.807) is 0 Å². The van der Waals surface area contributed by atoms with Crippen molar-refractivity contribution in [3.8, 4) is 0 Å². The molecular formula is C13H25NO2. The Morgan fingerprint density at radius 3 is 2.62 bits per heavy atom. The van der Waals surface area contributed by atoms with Gasteiger partial charge >= 0.3 is 5.97 Å². The van der Waals surface area contributed by atoms with Crippen molar-refractivity contribution >= 4 is 5.97 Å². The van der Waals surface area contributed by atoms with Gasteiger partial charge in [0.25, 0.3) is 0 Å². The zero-order valence-corrected chi connectivity index (χ0v) is 10.3. The fourth-order valence-corrected chi connectivity index (χ4v) is 2.10. The van der Waals surface area contributed by atoms with Crippen LogP contribution in [0.5, 0.6) is 0 Å². The molecule has 16 heavy (non-hydrogen) atoms. The van der Waals surface area contributed by atoms with Crippen LogP contribution in [0.2, 0.25) is 0 Å². The molecule has 3 heteroatoms. The highest BCUT2D eigenvalue weighted by Crippen LogP contribution is 2.34. The maximum atomic E-state index is 10.5. The third-order valence-corrected chi connectivity index (χ3v) is 3.61. The van der Waals surface area contributed by atoms with E-state index in [9.17, 15) is 4.79 Å². The molecule has 0 heterocycles. The molecule has 0 bridgehead atoms. The van der Waals surface area contributed by atoms with E-state index < -0.39 is 5.97 Å². The second-order valence-corrected chi connectivity index (χ2v) is 5.32. The van der Waals surface area contributed by atoms with E-state index in [0.29, 0.717) is 5.92 Å². The predicted octanol–water partition coefficient (Wildman–Crippen LogP) is 2.79. The lowest BCUT2D eigenvalue weighted by molar-refractivity contribution is -0.137. The largest absolute Gasteiger partial charge is 0.481 e. The van der Waals surface area contributed by atoms with Crippen LogP contribution in [0.15, 0.2) is 0 Å². The molecule has 2 atom stereocenters. The number of hydrogen-bond donors (Lipinski definition) is 2. The van der Waals surface area contributed by atoms with Crippen molar-refractivity contribution in [2.24, 2.45) is 17.6 Å². The van der Waals surface area contributed by atoms with Gasteiger partial charge in [-0.1, -0.05) is 45.4 Å². The second-order valence-electron chi connectivity index (χ2n) is 5.32. The molecule has 0 spiro atoms. The Hall–Kier alpha value is -0.570. The highest BCUT2D eigenvalue weighted by Gasteiger charge is 2.20. The minimum atomic E-state index is -0.784. The maximum Gasteiger partial charge on any atom is 0.304 e. The first-order chi connectivity index (χ1) is 7.59. The molecule has 94 valence electrons. The van der Waals surface area contributed by atoms with Crippen LogP contribution in [0.4, 0.5) is 0 Å². The van der Waals surface area contributed by atoms with Crippen LogP contribution in [-0.4, -0.2) is 17.1 Å². The fraction of sp³-hybridized carbons (Fsp3) is 0.923. The Labute approximate surface area is 98.4 Å². The van der Waals surface area contributed by atoms with E-state index in [2.05, 4.69) is 6.92 Å². The van der Waals surface area contributed by atoms with Crippen molar-refractivity contribution in [3.05, 3.63) is 0 Å². The van der Waals surface area contributed by atoms with E-state index >= 15 is 0 Å². The number of rotatable bonds is 9. The Bertz CT molecular complexity index is 214. The lowest BCUT2D eigenvalue weighted by Crippen LogP contribution is -2.30. The number of hydrogen-bond acceptors (Lipinski definition) is 2. The number of carbonyl (C=O) groups is 1. The summed E-state index contributed by atoms with van der Waals surface area (Å²) in [5, 5.41) is 8.63. The van der Waals surface area contributed by atoms with Gasteiger partial charge in [-0.05, 0) is 18.3 Å². The number of unbranched alkanes of at least 4 members (excludes halogenated alkanes) is 2. The summed E-state index contributed by atoms with van der Waals surface area (Å²) in [5.74, 6) is 0.580. The highest BCUT2D eigenvalue weighted by molar-refractivity contribution is 5.67. The van der Waals surface area contributed by atoms with Crippen molar-refractivity contribution in [1.29, 1.82) is 0 Å². The molecule has 1 fully saturated rings. The van der Waals surface area contributed by atoms with Gasteiger partial charge in [0, 0.05) is 6.04 Å². The van der Waals surface area contributed by atoms with Crippen LogP contribution in [0, 0.1) is 11.8 Å². The first-order valence-electron chi connectivity index (χ1n) is 6.57. The quantitative estimate of drug-likeness (QED) is 0.595. The maximum absolute atomic E-state index is 10.5. The van der Waals surface area contributed by atoms with Gasteiger partial charge in [-0.3, -0.25) is 4.79 Å². The van der Waals surface area contributed by atoms with Gasteiger partial charge in [-0.15, -0.1) is 0 Å². The Morgan fingerprint density at radius 1 is 1.38 bits per heavy atom. The Morgan fingerprint density at radius 2 is 2.06 bits per heavy atom. The van der Waals surface area contributed by atoms with Crippen molar-refractivity contribution < 1.29 is 9.90 Å². The summed E-state index contributed by atoms with van der Waals surface area (Å²) in [4.78, 5) is 10.5. The van der Waals surface area contributed by atoms with Crippen molar-refractivity contribution in [1.82, 2.24) is 0 Å². The number of carboxylic acid groups (broad SMARTS) is 1. The fourth-order valence-electron chi connectivity index (χ4n) is 2.10. The van der Waals surface area contributed by atoms with Crippen molar-refractivity contribution in [3.63, 3.8) is 0 Å². The SMILES string of the molecule is CC(CCCCCC1CC1)C(N)CC(=O)O. The molecule has 1 aliphatic rings. The van der Waals surface area contributed by atoms with Gasteiger partial charge in [0.05, 0.1) is 6.42 Å². The lowest BCUT2D eigenvalue weighted by atomic mass is 9.93. The van der Waals surface area contributed by atoms with Crippen LogP contribution >= 0.6 is 0 Å². The average Bonchev–Trinajstić information content (AvgIpc) is 2.99. The molecule has 0 aromatic carbocycles. The number of carboxylic acids is 1. The monoisotopic (exact) mass is 227 g/mol. The Balaban J connectivity index is 1.95.